The number of hydrogen-bond donors (Lipinski definition) is 1. The van der Waals surface area contributed by atoms with Gasteiger partial charge in [-0.3, -0.25) is 4.68 Å². The summed E-state index contributed by atoms with van der Waals surface area (Å²) in [6, 6.07) is 0.260. The van der Waals surface area contributed by atoms with Crippen molar-refractivity contribution < 1.29 is 9.53 Å². The van der Waals surface area contributed by atoms with Crippen molar-refractivity contribution >= 4 is 11.7 Å². The van der Waals surface area contributed by atoms with Gasteiger partial charge in [-0.25, -0.2) is 4.79 Å². The number of nitrogens with zero attached hydrogens (tertiary/aromatic N) is 6. The number of carbonyl (C=O) groups is 1. The van der Waals surface area contributed by atoms with Gasteiger partial charge in [-0.2, -0.15) is 5.10 Å². The minimum absolute atomic E-state index is 0.0833. The second kappa shape index (κ2) is 8.31. The highest BCUT2D eigenvalue weighted by molar-refractivity contribution is 5.89. The lowest BCUT2D eigenvalue weighted by Gasteiger charge is -2.31. The maximum atomic E-state index is 12.5. The van der Waals surface area contributed by atoms with Crippen LogP contribution in [0.5, 0.6) is 0 Å². The largest absolute Gasteiger partial charge is 0.383 e. The molecule has 1 fully saturated rings. The molecule has 26 heavy (non-hydrogen) atoms. The van der Waals surface area contributed by atoms with Crippen LogP contribution in [0.1, 0.15) is 44.5 Å². The number of hydrogen-bond acceptors (Lipinski definition) is 5. The van der Waals surface area contributed by atoms with Gasteiger partial charge in [0.05, 0.1) is 25.0 Å². The first-order valence-electron chi connectivity index (χ1n) is 9.05. The number of rotatable bonds is 6. The van der Waals surface area contributed by atoms with E-state index in [-0.39, 0.29) is 6.03 Å². The zero-order valence-corrected chi connectivity index (χ0v) is 15.6. The molecule has 1 aliphatic heterocycles. The molecule has 142 valence electrons. The lowest BCUT2D eigenvalue weighted by Crippen LogP contribution is -2.40. The molecule has 3 rings (SSSR count). The summed E-state index contributed by atoms with van der Waals surface area (Å²) in [6.45, 7) is 6.92. The predicted molar refractivity (Wildman–Crippen MR) is 97.1 cm³/mol. The molecule has 0 bridgehead atoms. The van der Waals surface area contributed by atoms with E-state index in [0.29, 0.717) is 43.9 Å². The van der Waals surface area contributed by atoms with E-state index in [1.807, 2.05) is 11.1 Å². The van der Waals surface area contributed by atoms with Gasteiger partial charge in [-0.15, -0.1) is 10.2 Å². The third-order valence-corrected chi connectivity index (χ3v) is 4.71. The number of likely N-dealkylation sites (tertiary alicyclic amines) is 1. The van der Waals surface area contributed by atoms with Gasteiger partial charge in [-0.1, -0.05) is 0 Å². The summed E-state index contributed by atoms with van der Waals surface area (Å²) in [5.74, 6) is 1.38. The summed E-state index contributed by atoms with van der Waals surface area (Å²) in [5, 5.41) is 15.5. The van der Waals surface area contributed by atoms with E-state index < -0.39 is 0 Å². The third kappa shape index (κ3) is 4.21. The molecule has 1 aliphatic rings. The highest BCUT2D eigenvalue weighted by Gasteiger charge is 2.27. The maximum Gasteiger partial charge on any atom is 0.321 e. The van der Waals surface area contributed by atoms with E-state index in [0.717, 1.165) is 18.7 Å². The Balaban J connectivity index is 1.52. The summed E-state index contributed by atoms with van der Waals surface area (Å²) in [5.41, 5.74) is 0.702. The van der Waals surface area contributed by atoms with Crippen molar-refractivity contribution in [1.82, 2.24) is 29.4 Å². The first-order valence-corrected chi connectivity index (χ1v) is 9.05. The van der Waals surface area contributed by atoms with Crippen molar-refractivity contribution in [3.8, 4) is 0 Å². The van der Waals surface area contributed by atoms with Gasteiger partial charge in [0.15, 0.2) is 0 Å². The number of anilines is 1. The van der Waals surface area contributed by atoms with Gasteiger partial charge >= 0.3 is 6.03 Å². The van der Waals surface area contributed by atoms with Crippen LogP contribution in [0, 0.1) is 0 Å². The highest BCUT2D eigenvalue weighted by atomic mass is 16.5. The summed E-state index contributed by atoms with van der Waals surface area (Å²) in [4.78, 5) is 14.3. The Labute approximate surface area is 153 Å². The second-order valence-corrected chi connectivity index (χ2v) is 6.87. The molecule has 0 radical (unpaired) electrons. The van der Waals surface area contributed by atoms with E-state index in [4.69, 9.17) is 4.74 Å². The number of nitrogens with one attached hydrogen (secondary N) is 1. The van der Waals surface area contributed by atoms with Crippen LogP contribution in [-0.2, 0) is 11.3 Å². The van der Waals surface area contributed by atoms with Crippen LogP contribution in [0.15, 0.2) is 18.7 Å². The van der Waals surface area contributed by atoms with Crippen molar-refractivity contribution in [2.75, 3.05) is 32.1 Å². The minimum atomic E-state index is -0.0833. The summed E-state index contributed by atoms with van der Waals surface area (Å²) >= 11 is 0. The van der Waals surface area contributed by atoms with Crippen LogP contribution in [0.3, 0.4) is 0 Å². The van der Waals surface area contributed by atoms with E-state index >= 15 is 0 Å². The monoisotopic (exact) mass is 361 g/mol. The number of amides is 2. The van der Waals surface area contributed by atoms with Crippen LogP contribution in [-0.4, -0.2) is 62.3 Å². The number of carbonyl (C=O) groups excluding carboxylic acids is 1. The summed E-state index contributed by atoms with van der Waals surface area (Å²) < 4.78 is 8.90. The maximum absolute atomic E-state index is 12.5. The zero-order chi connectivity index (χ0) is 18.5. The smallest absolute Gasteiger partial charge is 0.321 e. The van der Waals surface area contributed by atoms with Crippen LogP contribution in [0.4, 0.5) is 10.5 Å². The van der Waals surface area contributed by atoms with Crippen LogP contribution < -0.4 is 5.32 Å². The lowest BCUT2D eigenvalue weighted by atomic mass is 9.96. The van der Waals surface area contributed by atoms with Crippen molar-refractivity contribution in [2.45, 2.75) is 45.2 Å². The Bertz CT molecular complexity index is 716. The SMILES string of the molecule is COCCn1cc(NC(=O)N2CCC(c3nncn3C(C)C)CC2)cn1. The van der Waals surface area contributed by atoms with E-state index in [2.05, 4.69) is 39.0 Å². The molecule has 2 aromatic heterocycles. The number of ether oxygens (including phenoxy) is 1. The Kier molecular flexibility index (Phi) is 5.87. The first-order chi connectivity index (χ1) is 12.6. The second-order valence-electron chi connectivity index (χ2n) is 6.87. The first kappa shape index (κ1) is 18.4. The average Bonchev–Trinajstić information content (AvgIpc) is 3.29. The quantitative estimate of drug-likeness (QED) is 0.851. The van der Waals surface area contributed by atoms with Crippen LogP contribution in [0.25, 0.3) is 0 Å². The Morgan fingerprint density at radius 3 is 2.85 bits per heavy atom. The van der Waals surface area contributed by atoms with E-state index in [1.165, 1.54) is 0 Å². The van der Waals surface area contributed by atoms with Gasteiger partial charge in [0.1, 0.15) is 12.2 Å². The summed E-state index contributed by atoms with van der Waals surface area (Å²) in [6.07, 6.45) is 7.05. The fourth-order valence-corrected chi connectivity index (χ4v) is 3.22. The number of aromatic nitrogens is 5. The molecular formula is C17H27N7O2. The van der Waals surface area contributed by atoms with Gasteiger partial charge in [0.2, 0.25) is 0 Å². The Morgan fingerprint density at radius 1 is 1.38 bits per heavy atom. The van der Waals surface area contributed by atoms with E-state index in [9.17, 15) is 4.79 Å². The fourth-order valence-electron chi connectivity index (χ4n) is 3.22. The zero-order valence-electron chi connectivity index (χ0n) is 15.6. The van der Waals surface area contributed by atoms with Gasteiger partial charge < -0.3 is 19.5 Å². The van der Waals surface area contributed by atoms with Crippen LogP contribution >= 0.6 is 0 Å². The molecule has 0 saturated carbocycles. The standard InChI is InChI=1S/C17H27N7O2/c1-13(2)24-12-18-21-16(24)14-4-6-22(7-5-14)17(25)20-15-10-19-23(11-15)8-9-26-3/h10-14H,4-9H2,1-3H3,(H,20,25). The van der Waals surface area contributed by atoms with E-state index in [1.54, 1.807) is 24.3 Å². The van der Waals surface area contributed by atoms with Crippen molar-refractivity contribution in [1.29, 1.82) is 0 Å². The normalized spacial score (nSPS) is 15.6. The molecule has 3 heterocycles. The molecule has 0 aliphatic carbocycles. The van der Waals surface area contributed by atoms with Crippen molar-refractivity contribution in [3.63, 3.8) is 0 Å². The molecule has 9 heteroatoms. The molecule has 2 aromatic rings. The molecule has 0 atom stereocenters. The van der Waals surface area contributed by atoms with Crippen molar-refractivity contribution in [2.24, 2.45) is 0 Å². The average molecular weight is 361 g/mol. The molecule has 1 saturated heterocycles. The number of urea groups is 1. The molecule has 0 spiro atoms. The molecular weight excluding hydrogens is 334 g/mol. The Hall–Kier alpha value is -2.42. The predicted octanol–water partition coefficient (Wildman–Crippen LogP) is 2.11. The van der Waals surface area contributed by atoms with Crippen molar-refractivity contribution in [3.05, 3.63) is 24.5 Å². The Morgan fingerprint density at radius 2 is 2.15 bits per heavy atom. The van der Waals surface area contributed by atoms with Gasteiger partial charge in [-0.05, 0) is 26.7 Å². The van der Waals surface area contributed by atoms with Crippen LogP contribution in [0.2, 0.25) is 0 Å². The fraction of sp³-hybridized carbons (Fsp3) is 0.647. The molecule has 0 unspecified atom stereocenters. The number of methoxy groups -OCH3 is 1. The van der Waals surface area contributed by atoms with Gasteiger partial charge in [0, 0.05) is 38.4 Å². The molecule has 0 aromatic carbocycles. The minimum Gasteiger partial charge on any atom is -0.383 e. The topological polar surface area (TPSA) is 90.1 Å². The molecule has 1 N–H and O–H groups in total. The molecule has 9 nitrogen and oxygen atoms in total. The lowest BCUT2D eigenvalue weighted by molar-refractivity contribution is 0.183. The van der Waals surface area contributed by atoms with Gasteiger partial charge in [0.25, 0.3) is 0 Å². The number of piperidine rings is 1. The highest BCUT2D eigenvalue weighted by Crippen LogP contribution is 2.28. The molecule has 2 amide bonds. The summed E-state index contributed by atoms with van der Waals surface area (Å²) in [7, 11) is 1.65. The third-order valence-electron chi connectivity index (χ3n) is 4.71.